The van der Waals surface area contributed by atoms with Gasteiger partial charge in [-0.15, -0.1) is 16.8 Å². The monoisotopic (exact) mass is 476 g/mol. The molecule has 0 aliphatic heterocycles. The van der Waals surface area contributed by atoms with Gasteiger partial charge in [-0.1, -0.05) is 47.4 Å². The predicted molar refractivity (Wildman–Crippen MR) is 125 cm³/mol. The largest absolute Gasteiger partial charge is 0.457 e. The van der Waals surface area contributed by atoms with Crippen molar-refractivity contribution in [3.05, 3.63) is 67.3 Å². The summed E-state index contributed by atoms with van der Waals surface area (Å²) in [5.41, 5.74) is 0.345. The predicted octanol–water partition coefficient (Wildman–Crippen LogP) is 4.01. The molecule has 0 fully saturated rings. The third kappa shape index (κ3) is 6.81. The van der Waals surface area contributed by atoms with Gasteiger partial charge in [-0.3, -0.25) is 14.4 Å². The summed E-state index contributed by atoms with van der Waals surface area (Å²) in [4.78, 5) is 12.4. The molecule has 0 saturated heterocycles. The Labute approximate surface area is 189 Å². The normalized spacial score (nSPS) is 11.0. The van der Waals surface area contributed by atoms with E-state index in [1.54, 1.807) is 30.3 Å². The molecular weight excluding hydrogens is 456 g/mol. The van der Waals surface area contributed by atoms with Crippen LogP contribution in [0.3, 0.4) is 0 Å². The van der Waals surface area contributed by atoms with Crippen molar-refractivity contribution in [3.63, 3.8) is 0 Å². The van der Waals surface area contributed by atoms with E-state index in [1.807, 2.05) is 30.3 Å². The Hall–Kier alpha value is -2.89. The van der Waals surface area contributed by atoms with Crippen LogP contribution in [0.15, 0.2) is 71.6 Å². The molecule has 1 N–H and O–H groups in total. The number of aromatic nitrogens is 2. The maximum Gasteiger partial charge on any atom is 0.246 e. The molecule has 0 aliphatic rings. The van der Waals surface area contributed by atoms with Gasteiger partial charge in [-0.05, 0) is 36.4 Å². The number of para-hydroxylation sites is 1. The van der Waals surface area contributed by atoms with E-state index in [4.69, 9.17) is 4.74 Å². The number of amides is 1. The summed E-state index contributed by atoms with van der Waals surface area (Å²) in [6.45, 7) is 3.24. The van der Waals surface area contributed by atoms with E-state index in [0.29, 0.717) is 32.4 Å². The minimum Gasteiger partial charge on any atom is -0.457 e. The van der Waals surface area contributed by atoms with Crippen molar-refractivity contribution in [2.45, 2.75) is 4.34 Å². The molecule has 162 valence electrons. The van der Waals surface area contributed by atoms with Crippen LogP contribution in [-0.2, 0) is 14.8 Å². The van der Waals surface area contributed by atoms with Gasteiger partial charge < -0.3 is 4.74 Å². The second-order valence-electron chi connectivity index (χ2n) is 6.20. The summed E-state index contributed by atoms with van der Waals surface area (Å²) in [5, 5.41) is 10.8. The minimum absolute atomic E-state index is 0.302. The van der Waals surface area contributed by atoms with E-state index in [0.717, 1.165) is 10.6 Å². The molecule has 0 atom stereocenters. The van der Waals surface area contributed by atoms with Crippen LogP contribution in [0.25, 0.3) is 0 Å². The zero-order valence-electron chi connectivity index (χ0n) is 16.6. The number of anilines is 2. The third-order valence-corrected chi connectivity index (χ3v) is 6.88. The number of sulfonamides is 1. The Kier molecular flexibility index (Phi) is 7.66. The Balaban J connectivity index is 1.68. The molecule has 0 saturated carbocycles. The molecule has 31 heavy (non-hydrogen) atoms. The molecule has 3 aromatic rings. The van der Waals surface area contributed by atoms with E-state index in [1.165, 1.54) is 23.1 Å². The highest BCUT2D eigenvalue weighted by molar-refractivity contribution is 8.01. The summed E-state index contributed by atoms with van der Waals surface area (Å²) in [6, 6.07) is 15.7. The molecule has 11 heteroatoms. The van der Waals surface area contributed by atoms with Crippen LogP contribution in [0, 0.1) is 0 Å². The lowest BCUT2D eigenvalue weighted by Gasteiger charge is -2.21. The fourth-order valence-corrected chi connectivity index (χ4v) is 4.83. The van der Waals surface area contributed by atoms with Crippen molar-refractivity contribution in [1.82, 2.24) is 10.2 Å². The lowest BCUT2D eigenvalue weighted by atomic mass is 10.3. The van der Waals surface area contributed by atoms with Crippen molar-refractivity contribution < 1.29 is 17.9 Å². The highest BCUT2D eigenvalue weighted by Gasteiger charge is 2.22. The SMILES string of the molecule is C=CCSc1nnc(NC(=O)CN(c2ccc(Oc3ccccc3)cc2)S(C)(=O)=O)s1. The lowest BCUT2D eigenvalue weighted by molar-refractivity contribution is -0.114. The molecule has 0 aliphatic carbocycles. The summed E-state index contributed by atoms with van der Waals surface area (Å²) >= 11 is 2.65. The zero-order valence-corrected chi connectivity index (χ0v) is 19.0. The van der Waals surface area contributed by atoms with Crippen LogP contribution in [0.5, 0.6) is 11.5 Å². The van der Waals surface area contributed by atoms with Gasteiger partial charge >= 0.3 is 0 Å². The number of nitrogens with one attached hydrogen (secondary N) is 1. The number of hydrogen-bond acceptors (Lipinski definition) is 8. The van der Waals surface area contributed by atoms with E-state index in [-0.39, 0.29) is 0 Å². The maximum atomic E-state index is 12.4. The van der Waals surface area contributed by atoms with Crippen molar-refractivity contribution in [2.75, 3.05) is 28.2 Å². The second kappa shape index (κ2) is 10.4. The average Bonchev–Trinajstić information content (AvgIpc) is 3.18. The van der Waals surface area contributed by atoms with Crippen molar-refractivity contribution >= 4 is 49.8 Å². The van der Waals surface area contributed by atoms with Crippen LogP contribution in [0.2, 0.25) is 0 Å². The van der Waals surface area contributed by atoms with Crippen molar-refractivity contribution in [2.24, 2.45) is 0 Å². The number of benzene rings is 2. The second-order valence-corrected chi connectivity index (χ2v) is 10.4. The van der Waals surface area contributed by atoms with Crippen LogP contribution < -0.4 is 14.4 Å². The molecule has 1 heterocycles. The maximum absolute atomic E-state index is 12.4. The summed E-state index contributed by atoms with van der Waals surface area (Å²) in [5.74, 6) is 1.36. The number of carbonyl (C=O) groups is 1. The zero-order chi connectivity index (χ0) is 22.3. The fourth-order valence-electron chi connectivity index (χ4n) is 2.44. The summed E-state index contributed by atoms with van der Waals surface area (Å²) in [6.07, 6.45) is 2.79. The van der Waals surface area contributed by atoms with E-state index >= 15 is 0 Å². The number of ether oxygens (including phenoxy) is 1. The summed E-state index contributed by atoms with van der Waals surface area (Å²) in [7, 11) is -3.70. The molecule has 2 aromatic carbocycles. The van der Waals surface area contributed by atoms with Gasteiger partial charge in [0.25, 0.3) is 0 Å². The Morgan fingerprint density at radius 1 is 1.16 bits per heavy atom. The molecule has 0 radical (unpaired) electrons. The van der Waals surface area contributed by atoms with Crippen molar-refractivity contribution in [1.29, 1.82) is 0 Å². The molecular formula is C20H20N4O4S3. The van der Waals surface area contributed by atoms with Crippen molar-refractivity contribution in [3.8, 4) is 11.5 Å². The minimum atomic E-state index is -3.70. The van der Waals surface area contributed by atoms with Crippen LogP contribution in [0.4, 0.5) is 10.8 Å². The van der Waals surface area contributed by atoms with Gasteiger partial charge in [0.05, 0.1) is 11.9 Å². The molecule has 0 spiro atoms. The lowest BCUT2D eigenvalue weighted by Crippen LogP contribution is -2.37. The van der Waals surface area contributed by atoms with E-state index < -0.39 is 22.5 Å². The van der Waals surface area contributed by atoms with Gasteiger partial charge in [0.2, 0.25) is 21.1 Å². The standard InChI is InChI=1S/C20H20N4O4S3/c1-3-13-29-20-23-22-19(30-20)21-18(25)14-24(31(2,26)27)15-9-11-17(12-10-15)28-16-7-5-4-6-8-16/h3-12H,1,13-14H2,2H3,(H,21,22,25). The van der Waals surface area contributed by atoms with Crippen LogP contribution in [-0.4, -0.2) is 43.1 Å². The Morgan fingerprint density at radius 3 is 2.48 bits per heavy atom. The smallest absolute Gasteiger partial charge is 0.246 e. The quantitative estimate of drug-likeness (QED) is 0.268. The third-order valence-electron chi connectivity index (χ3n) is 3.77. The summed E-state index contributed by atoms with van der Waals surface area (Å²) < 4.78 is 32.0. The molecule has 1 amide bonds. The first kappa shape index (κ1) is 22.8. The first-order chi connectivity index (χ1) is 14.8. The number of thioether (sulfide) groups is 1. The van der Waals surface area contributed by atoms with E-state index in [2.05, 4.69) is 22.1 Å². The van der Waals surface area contributed by atoms with Gasteiger partial charge in [-0.2, -0.15) is 0 Å². The number of hydrogen-bond donors (Lipinski definition) is 1. The highest BCUT2D eigenvalue weighted by atomic mass is 32.2. The van der Waals surface area contributed by atoms with Crippen LogP contribution >= 0.6 is 23.1 Å². The van der Waals surface area contributed by atoms with Gasteiger partial charge in [0, 0.05) is 5.75 Å². The van der Waals surface area contributed by atoms with Gasteiger partial charge in [0.15, 0.2) is 4.34 Å². The van der Waals surface area contributed by atoms with E-state index in [9.17, 15) is 13.2 Å². The average molecular weight is 477 g/mol. The Morgan fingerprint density at radius 2 is 1.84 bits per heavy atom. The molecule has 3 rings (SSSR count). The van der Waals surface area contributed by atoms with Gasteiger partial charge in [0.1, 0.15) is 18.0 Å². The molecule has 0 unspecified atom stereocenters. The number of rotatable bonds is 10. The van der Waals surface area contributed by atoms with Gasteiger partial charge in [-0.25, -0.2) is 8.42 Å². The number of nitrogens with zero attached hydrogens (tertiary/aromatic N) is 3. The number of carbonyl (C=O) groups excluding carboxylic acids is 1. The van der Waals surface area contributed by atoms with Crippen LogP contribution in [0.1, 0.15) is 0 Å². The Bertz CT molecular complexity index is 1130. The topological polar surface area (TPSA) is 101 Å². The fraction of sp³-hybridized carbons (Fsp3) is 0.150. The molecule has 0 bridgehead atoms. The molecule has 8 nitrogen and oxygen atoms in total. The molecule has 1 aromatic heterocycles. The highest BCUT2D eigenvalue weighted by Crippen LogP contribution is 2.27. The first-order valence-corrected chi connectivity index (χ1v) is 12.7. The first-order valence-electron chi connectivity index (χ1n) is 9.03.